The van der Waals surface area contributed by atoms with E-state index in [-0.39, 0.29) is 11.4 Å². The maximum Gasteiger partial charge on any atom is 0.573 e. The highest BCUT2D eigenvalue weighted by molar-refractivity contribution is 6.08. The highest BCUT2D eigenvalue weighted by Gasteiger charge is 2.36. The molecule has 8 nitrogen and oxygen atoms in total. The number of nitrogens with one attached hydrogen (secondary N) is 1. The minimum atomic E-state index is -5.23. The van der Waals surface area contributed by atoms with E-state index in [1.807, 2.05) is 0 Å². The molecule has 3 N–H and O–H groups in total. The highest BCUT2D eigenvalue weighted by atomic mass is 19.4. The molecule has 0 saturated heterocycles. The highest BCUT2D eigenvalue weighted by Crippen LogP contribution is 2.43. The van der Waals surface area contributed by atoms with Crippen molar-refractivity contribution in [2.45, 2.75) is 19.5 Å². The van der Waals surface area contributed by atoms with Crippen LogP contribution in [0.25, 0.3) is 0 Å². The summed E-state index contributed by atoms with van der Waals surface area (Å²) in [6.07, 6.45) is -9.00. The zero-order valence-electron chi connectivity index (χ0n) is 19.3. The molecule has 3 aromatic rings. The number of hydrogen-bond acceptors (Lipinski definition) is 6. The third kappa shape index (κ3) is 6.22. The normalized spacial score (nSPS) is 11.6. The van der Waals surface area contributed by atoms with Crippen LogP contribution in [0.5, 0.6) is 23.0 Å². The molecule has 0 aliphatic heterocycles. The number of aromatic nitrogens is 1. The van der Waals surface area contributed by atoms with Crippen molar-refractivity contribution in [1.82, 2.24) is 4.98 Å². The van der Waals surface area contributed by atoms with Crippen molar-refractivity contribution in [1.29, 1.82) is 0 Å². The topological polar surface area (TPSA) is 113 Å². The molecule has 0 saturated carbocycles. The smallest absolute Gasteiger partial charge is 0.490 e. The van der Waals surface area contributed by atoms with Crippen molar-refractivity contribution in [3.63, 3.8) is 0 Å². The van der Waals surface area contributed by atoms with Gasteiger partial charge in [0.05, 0.1) is 18.2 Å². The van der Waals surface area contributed by atoms with Gasteiger partial charge in [-0.15, -0.1) is 13.2 Å². The Morgan fingerprint density at radius 2 is 1.61 bits per heavy atom. The Balaban J connectivity index is 2.09. The van der Waals surface area contributed by atoms with Gasteiger partial charge in [-0.1, -0.05) is 0 Å². The van der Waals surface area contributed by atoms with Crippen molar-refractivity contribution >= 4 is 17.5 Å². The minimum Gasteiger partial charge on any atom is -0.490 e. The molecule has 2 aromatic carbocycles. The summed E-state index contributed by atoms with van der Waals surface area (Å²) < 4.78 is 107. The first-order valence-corrected chi connectivity index (χ1v) is 10.2. The van der Waals surface area contributed by atoms with Crippen molar-refractivity contribution in [3.05, 3.63) is 70.8 Å². The lowest BCUT2D eigenvalue weighted by molar-refractivity contribution is -0.275. The second-order valence-corrected chi connectivity index (χ2v) is 7.42. The van der Waals surface area contributed by atoms with Crippen LogP contribution < -0.4 is 25.3 Å². The maximum atomic E-state index is 14.6. The zero-order chi connectivity index (χ0) is 28.4. The molecule has 3 rings (SSSR count). The van der Waals surface area contributed by atoms with Gasteiger partial charge >= 0.3 is 12.5 Å². The number of halogens is 7. The lowest BCUT2D eigenvalue weighted by atomic mass is 10.00. The van der Waals surface area contributed by atoms with Crippen molar-refractivity contribution in [3.8, 4) is 23.0 Å². The van der Waals surface area contributed by atoms with Gasteiger partial charge in [0.1, 0.15) is 11.4 Å². The number of pyridine rings is 1. The number of hydrogen-bond donors (Lipinski definition) is 2. The number of carbonyl (C=O) groups excluding carboxylic acids is 2. The van der Waals surface area contributed by atoms with Crippen LogP contribution >= 0.6 is 0 Å². The van der Waals surface area contributed by atoms with E-state index in [2.05, 4.69) is 15.0 Å². The fourth-order valence-corrected chi connectivity index (χ4v) is 3.31. The second-order valence-electron chi connectivity index (χ2n) is 7.42. The Labute approximate surface area is 209 Å². The standard InChI is InChI=1S/C23H16F7N3O5/c1-10-12(22(25,26)27)3-4-14(17(10)21(35)33-11-7-8-32-13(9-11)20(31)34)37-16-6-5-15(38-23(28,29)30)18(24)19(16)36-2/h3-9H,1-2H3,(H2,31,34)(H,32,33,35). The fraction of sp³-hybridized carbons (Fsp3) is 0.174. The summed E-state index contributed by atoms with van der Waals surface area (Å²) in [6.45, 7) is 0.976. The molecule has 0 aliphatic rings. The maximum absolute atomic E-state index is 14.6. The monoisotopic (exact) mass is 547 g/mol. The molecule has 0 bridgehead atoms. The number of nitrogens with zero attached hydrogens (tertiary/aromatic N) is 1. The summed E-state index contributed by atoms with van der Waals surface area (Å²) in [6, 6.07) is 5.03. The Hall–Kier alpha value is -4.56. The van der Waals surface area contributed by atoms with E-state index in [1.54, 1.807) is 0 Å². The summed E-state index contributed by atoms with van der Waals surface area (Å²) in [4.78, 5) is 28.1. The van der Waals surface area contributed by atoms with Crippen LogP contribution in [0.4, 0.5) is 36.4 Å². The molecular weight excluding hydrogens is 531 g/mol. The quantitative estimate of drug-likeness (QED) is 0.373. The van der Waals surface area contributed by atoms with Crippen LogP contribution in [0.2, 0.25) is 0 Å². The van der Waals surface area contributed by atoms with Crippen LogP contribution in [0.1, 0.15) is 32.0 Å². The molecule has 0 spiro atoms. The molecule has 0 fully saturated rings. The number of methoxy groups -OCH3 is 1. The van der Waals surface area contributed by atoms with Gasteiger partial charge in [-0.05, 0) is 48.9 Å². The summed E-state index contributed by atoms with van der Waals surface area (Å²) in [7, 11) is 0.897. The van der Waals surface area contributed by atoms with Crippen LogP contribution in [-0.2, 0) is 6.18 Å². The number of primary amides is 1. The predicted octanol–water partition coefficient (Wildman–Crippen LogP) is 5.60. The number of benzene rings is 2. The van der Waals surface area contributed by atoms with Gasteiger partial charge in [-0.25, -0.2) is 0 Å². The van der Waals surface area contributed by atoms with E-state index in [9.17, 15) is 40.3 Å². The van der Waals surface area contributed by atoms with E-state index in [0.717, 1.165) is 38.4 Å². The number of carbonyl (C=O) groups is 2. The molecule has 2 amide bonds. The molecule has 0 radical (unpaired) electrons. The Morgan fingerprint density at radius 1 is 0.974 bits per heavy atom. The molecule has 38 heavy (non-hydrogen) atoms. The van der Waals surface area contributed by atoms with Crippen LogP contribution in [0, 0.1) is 12.7 Å². The molecule has 15 heteroatoms. The molecule has 0 unspecified atom stereocenters. The molecule has 0 atom stereocenters. The molecule has 0 aliphatic carbocycles. The summed E-state index contributed by atoms with van der Waals surface area (Å²) >= 11 is 0. The molecule has 202 valence electrons. The summed E-state index contributed by atoms with van der Waals surface area (Å²) in [5, 5.41) is 2.29. The third-order valence-corrected chi connectivity index (χ3v) is 4.90. The summed E-state index contributed by atoms with van der Waals surface area (Å²) in [5.41, 5.74) is 2.39. The second kappa shape index (κ2) is 10.4. The first kappa shape index (κ1) is 28.0. The van der Waals surface area contributed by atoms with Gasteiger partial charge in [-0.3, -0.25) is 14.6 Å². The first-order chi connectivity index (χ1) is 17.6. The number of amides is 2. The van der Waals surface area contributed by atoms with Gasteiger partial charge in [-0.2, -0.15) is 17.6 Å². The Bertz CT molecular complexity index is 1390. The van der Waals surface area contributed by atoms with Crippen LogP contribution in [-0.4, -0.2) is 30.3 Å². The lowest BCUT2D eigenvalue weighted by Gasteiger charge is -2.19. The zero-order valence-corrected chi connectivity index (χ0v) is 19.3. The number of rotatable bonds is 7. The van der Waals surface area contributed by atoms with Crippen molar-refractivity contribution in [2.24, 2.45) is 5.73 Å². The van der Waals surface area contributed by atoms with E-state index in [4.69, 9.17) is 15.2 Å². The largest absolute Gasteiger partial charge is 0.573 e. The average Bonchev–Trinajstić information content (AvgIpc) is 2.79. The van der Waals surface area contributed by atoms with Crippen LogP contribution in [0.3, 0.4) is 0 Å². The van der Waals surface area contributed by atoms with Crippen LogP contribution in [0.15, 0.2) is 42.6 Å². The number of nitrogens with two attached hydrogens (primary N) is 1. The molecule has 1 heterocycles. The number of anilines is 1. The third-order valence-electron chi connectivity index (χ3n) is 4.90. The van der Waals surface area contributed by atoms with Gasteiger partial charge in [0.15, 0.2) is 11.5 Å². The van der Waals surface area contributed by atoms with Crippen molar-refractivity contribution in [2.75, 3.05) is 12.4 Å². The van der Waals surface area contributed by atoms with Gasteiger partial charge in [0, 0.05) is 11.9 Å². The van der Waals surface area contributed by atoms with Gasteiger partial charge < -0.3 is 25.3 Å². The number of alkyl halides is 6. The molecular formula is C23H16F7N3O5. The summed E-state index contributed by atoms with van der Waals surface area (Å²) in [5.74, 6) is -6.93. The van der Waals surface area contributed by atoms with E-state index in [1.165, 1.54) is 6.07 Å². The van der Waals surface area contributed by atoms with Crippen molar-refractivity contribution < 1.29 is 54.5 Å². The van der Waals surface area contributed by atoms with E-state index >= 15 is 0 Å². The molecule has 1 aromatic heterocycles. The number of ether oxygens (including phenoxy) is 3. The van der Waals surface area contributed by atoms with Gasteiger partial charge in [0.25, 0.3) is 11.8 Å². The fourth-order valence-electron chi connectivity index (χ4n) is 3.31. The van der Waals surface area contributed by atoms with E-state index in [0.29, 0.717) is 12.1 Å². The SMILES string of the molecule is COc1c(Oc2ccc(C(F)(F)F)c(C)c2C(=O)Nc2ccnc(C(N)=O)c2)ccc(OC(F)(F)F)c1F. The minimum absolute atomic E-state index is 0.0566. The Kier molecular flexibility index (Phi) is 7.69. The first-order valence-electron chi connectivity index (χ1n) is 10.2. The predicted molar refractivity (Wildman–Crippen MR) is 117 cm³/mol. The van der Waals surface area contributed by atoms with E-state index < -0.39 is 69.9 Å². The van der Waals surface area contributed by atoms with Gasteiger partial charge in [0.2, 0.25) is 11.6 Å². The Morgan fingerprint density at radius 3 is 2.18 bits per heavy atom. The average molecular weight is 547 g/mol. The lowest BCUT2D eigenvalue weighted by Crippen LogP contribution is -2.19.